The Labute approximate surface area is 236 Å². The lowest BCUT2D eigenvalue weighted by atomic mass is 10.0. The van der Waals surface area contributed by atoms with Crippen molar-refractivity contribution in [1.29, 1.82) is 0 Å². The van der Waals surface area contributed by atoms with Gasteiger partial charge in [-0.15, -0.1) is 0 Å². The Kier molecular flexibility index (Phi) is 29.0. The van der Waals surface area contributed by atoms with E-state index in [-0.39, 0.29) is 24.6 Å². The Morgan fingerprint density at radius 3 is 1.55 bits per heavy atom. The minimum Gasteiger partial charge on any atom is -0.591 e. The summed E-state index contributed by atoms with van der Waals surface area (Å²) in [4.78, 5) is 22.1. The van der Waals surface area contributed by atoms with Crippen LogP contribution < -0.4 is 4.89 Å². The number of nitrogens with zero attached hydrogens (tertiary/aromatic N) is 1. The molecule has 0 saturated carbocycles. The van der Waals surface area contributed by atoms with Crippen LogP contribution in [0.4, 0.5) is 0 Å². The molecular weight excluding hydrogens is 497 g/mol. The molecule has 0 aliphatic carbocycles. The van der Waals surface area contributed by atoms with E-state index < -0.39 is 14.1 Å². The summed E-state index contributed by atoms with van der Waals surface area (Å²) in [6.45, 7) is 4.03. The molecule has 0 heterocycles. The molecule has 3 unspecified atom stereocenters. The summed E-state index contributed by atoms with van der Waals surface area (Å²) in [5, 5.41) is 18.2. The second-order valence-corrected chi connectivity index (χ2v) is 12.7. The highest BCUT2D eigenvalue weighted by Gasteiger charge is 2.32. The zero-order valence-electron chi connectivity index (χ0n) is 25.7. The minimum atomic E-state index is -2.28. The molecule has 226 valence electrons. The molecule has 3 atom stereocenters. The van der Waals surface area contributed by atoms with Crippen LogP contribution in [0.3, 0.4) is 0 Å². The van der Waals surface area contributed by atoms with E-state index in [1.807, 2.05) is 28.1 Å². The van der Waals surface area contributed by atoms with Crippen molar-refractivity contribution in [1.82, 2.24) is 0 Å². The second kappa shape index (κ2) is 27.9. The number of rotatable bonds is 25. The maximum absolute atomic E-state index is 11.5. The van der Waals surface area contributed by atoms with Crippen LogP contribution in [0.15, 0.2) is 12.2 Å². The third kappa shape index (κ3) is 26.9. The van der Waals surface area contributed by atoms with Crippen molar-refractivity contribution in [3.63, 3.8) is 0 Å². The zero-order chi connectivity index (χ0) is 29.1. The molecule has 0 aromatic carbocycles. The number of aliphatic hydroxyl groups is 2. The van der Waals surface area contributed by atoms with Crippen LogP contribution in [-0.2, 0) is 9.36 Å². The second-order valence-electron chi connectivity index (χ2n) is 11.5. The third-order valence-corrected chi connectivity index (χ3v) is 8.51. The molecule has 0 amide bonds. The normalized spacial score (nSPS) is 13.7. The summed E-state index contributed by atoms with van der Waals surface area (Å²) >= 11 is 0. The van der Waals surface area contributed by atoms with E-state index in [4.69, 9.17) is 5.11 Å². The number of Topliss-reactive ketones (excluding diaryl/α,β-unsaturated/α-hetero) is 1. The number of carbonyl (C=O) groups excluding carboxylic acids is 1. The minimum absolute atomic E-state index is 0.116. The quantitative estimate of drug-likeness (QED) is 0.0524. The number of carbonyl (C=O) groups is 1. The van der Waals surface area contributed by atoms with Crippen molar-refractivity contribution in [2.45, 2.75) is 154 Å². The summed E-state index contributed by atoms with van der Waals surface area (Å²) in [5.74, 6) is -0.356. The van der Waals surface area contributed by atoms with Gasteiger partial charge in [-0.25, -0.2) is 0 Å². The Bertz CT molecular complexity index is 577. The van der Waals surface area contributed by atoms with E-state index in [1.54, 1.807) is 0 Å². The van der Waals surface area contributed by atoms with Gasteiger partial charge in [0, 0.05) is 25.9 Å². The van der Waals surface area contributed by atoms with Crippen LogP contribution in [-0.4, -0.2) is 60.1 Å². The van der Waals surface area contributed by atoms with Crippen molar-refractivity contribution >= 4 is 13.8 Å². The highest BCUT2D eigenvalue weighted by molar-refractivity contribution is 7.37. The van der Waals surface area contributed by atoms with Gasteiger partial charge in [0.25, 0.3) is 5.78 Å². The molecule has 38 heavy (non-hydrogen) atoms. The fraction of sp³-hybridized carbons (Fsp3) is 0.903. The van der Waals surface area contributed by atoms with Gasteiger partial charge in [-0.05, 0) is 32.1 Å². The molecule has 2 N–H and O–H groups in total. The smallest absolute Gasteiger partial charge is 0.373 e. The standard InChI is InChI=1S/C25H48O3.C6H15NO2P/c1-2-3-4-5-6-7-8-9-10-11-12-13-14-15-16-17-18-19-20-21-24(27)25(28)22-23-26;1-5-6(10(8)9)7(2,3)4/h9-10,25-26,28H,2-8,11-23H2,1H3;6H,5H2,1-4H3/q;+1/b10-9-;. The molecule has 0 radical (unpaired) electrons. The molecule has 0 rings (SSSR count). The van der Waals surface area contributed by atoms with Crippen molar-refractivity contribution in [2.24, 2.45) is 0 Å². The molecule has 0 aliphatic heterocycles. The summed E-state index contributed by atoms with van der Waals surface area (Å²) in [7, 11) is 3.38. The molecule has 0 aliphatic rings. The van der Waals surface area contributed by atoms with Gasteiger partial charge in [0.05, 0.1) is 21.1 Å². The summed E-state index contributed by atoms with van der Waals surface area (Å²) in [6.07, 6.45) is 26.9. The predicted octanol–water partition coefficient (Wildman–Crippen LogP) is 7.43. The third-order valence-electron chi connectivity index (χ3n) is 6.96. The van der Waals surface area contributed by atoms with Gasteiger partial charge in [-0.3, -0.25) is 9.28 Å². The van der Waals surface area contributed by atoms with Gasteiger partial charge < -0.3 is 15.1 Å². The van der Waals surface area contributed by atoms with Gasteiger partial charge in [0.1, 0.15) is 6.10 Å². The van der Waals surface area contributed by atoms with Crippen LogP contribution in [0, 0.1) is 0 Å². The fourth-order valence-electron chi connectivity index (χ4n) is 4.51. The number of hydrogen-bond donors (Lipinski definition) is 2. The monoisotopic (exact) mass is 560 g/mol. The lowest BCUT2D eigenvalue weighted by molar-refractivity contribution is -0.883. The van der Waals surface area contributed by atoms with E-state index in [1.165, 1.54) is 96.3 Å². The highest BCUT2D eigenvalue weighted by Crippen LogP contribution is 2.26. The average molecular weight is 561 g/mol. The molecule has 0 fully saturated rings. The topological polar surface area (TPSA) is 97.7 Å². The van der Waals surface area contributed by atoms with Crippen molar-refractivity contribution in [2.75, 3.05) is 27.7 Å². The number of hydrogen-bond acceptors (Lipinski definition) is 5. The first-order valence-electron chi connectivity index (χ1n) is 15.5. The predicted molar refractivity (Wildman–Crippen MR) is 160 cm³/mol. The van der Waals surface area contributed by atoms with E-state index >= 15 is 0 Å². The van der Waals surface area contributed by atoms with Gasteiger partial charge in [0.15, 0.2) is 5.78 Å². The summed E-state index contributed by atoms with van der Waals surface area (Å²) in [6, 6.07) is 0. The first-order chi connectivity index (χ1) is 18.1. The zero-order valence-corrected chi connectivity index (χ0v) is 26.6. The molecule has 7 heteroatoms. The molecule has 0 saturated heterocycles. The summed E-state index contributed by atoms with van der Waals surface area (Å²) in [5.41, 5.74) is 0. The number of aliphatic hydroxyl groups excluding tert-OH is 2. The Morgan fingerprint density at radius 1 is 0.789 bits per heavy atom. The number of ketones is 1. The number of unbranched alkanes of at least 4 members (excludes halogenated alkanes) is 15. The van der Waals surface area contributed by atoms with Gasteiger partial charge in [-0.1, -0.05) is 108 Å². The molecule has 6 nitrogen and oxygen atoms in total. The fourth-order valence-corrected chi connectivity index (χ4v) is 5.37. The van der Waals surface area contributed by atoms with E-state index in [2.05, 4.69) is 19.1 Å². The molecular formula is C31H63NO5P+. The largest absolute Gasteiger partial charge is 0.591 e. The molecule has 0 spiro atoms. The van der Waals surface area contributed by atoms with E-state index in [0.29, 0.717) is 17.3 Å². The van der Waals surface area contributed by atoms with Crippen LogP contribution in [0.1, 0.15) is 142 Å². The van der Waals surface area contributed by atoms with Crippen LogP contribution >= 0.6 is 8.03 Å². The Hall–Kier alpha value is -0.650. The van der Waals surface area contributed by atoms with Crippen LogP contribution in [0.5, 0.6) is 0 Å². The van der Waals surface area contributed by atoms with Crippen LogP contribution in [0.25, 0.3) is 0 Å². The van der Waals surface area contributed by atoms with E-state index in [9.17, 15) is 19.4 Å². The number of allylic oxidation sites excluding steroid dienone is 2. The molecule has 0 aromatic heterocycles. The Balaban J connectivity index is 0. The van der Waals surface area contributed by atoms with Gasteiger partial charge in [-0.2, -0.15) is 0 Å². The molecule has 0 aromatic rings. The highest BCUT2D eigenvalue weighted by atomic mass is 31.1. The van der Waals surface area contributed by atoms with Crippen molar-refractivity contribution in [3.8, 4) is 0 Å². The van der Waals surface area contributed by atoms with Gasteiger partial charge in [0.2, 0.25) is 0 Å². The molecule has 0 bridgehead atoms. The van der Waals surface area contributed by atoms with Crippen molar-refractivity contribution in [3.05, 3.63) is 12.2 Å². The maximum Gasteiger partial charge on any atom is 0.373 e. The van der Waals surface area contributed by atoms with Crippen molar-refractivity contribution < 1.29 is 28.9 Å². The van der Waals surface area contributed by atoms with E-state index in [0.717, 1.165) is 12.8 Å². The summed E-state index contributed by atoms with van der Waals surface area (Å²) < 4.78 is 11.1. The lowest BCUT2D eigenvalue weighted by Crippen LogP contribution is -2.43. The maximum atomic E-state index is 11.5. The first kappa shape index (κ1) is 39.5. The van der Waals surface area contributed by atoms with Crippen LogP contribution in [0.2, 0.25) is 0 Å². The SMILES string of the molecule is CCC([P+](=O)[O-])[N+](C)(C)C.CCCCCCCC/C=C\CCCCCCCCCCCC(=O)C(O)CCO. The Morgan fingerprint density at radius 2 is 1.21 bits per heavy atom. The first-order valence-corrected chi connectivity index (χ1v) is 16.8. The van der Waals surface area contributed by atoms with Gasteiger partial charge >= 0.3 is 8.03 Å². The lowest BCUT2D eigenvalue weighted by Gasteiger charge is -2.26. The average Bonchev–Trinajstić information content (AvgIpc) is 2.85. The number of quaternary nitrogens is 1.